The van der Waals surface area contributed by atoms with Crippen LogP contribution < -0.4 is 20.7 Å². The Hall–Kier alpha value is -2.39. The second kappa shape index (κ2) is 6.37. The SMILES string of the molecule is CCOc1ccc(NS(=O)(=O)c2cccnc2NN)cn1. The zero-order chi connectivity index (χ0) is 15.3. The maximum absolute atomic E-state index is 12.3. The lowest BCUT2D eigenvalue weighted by atomic mass is 10.4. The molecule has 0 fully saturated rings. The molecule has 0 aliphatic rings. The van der Waals surface area contributed by atoms with Gasteiger partial charge in [-0.1, -0.05) is 0 Å². The van der Waals surface area contributed by atoms with Gasteiger partial charge in [0.2, 0.25) is 5.88 Å². The summed E-state index contributed by atoms with van der Waals surface area (Å²) in [7, 11) is -3.82. The first-order valence-corrected chi connectivity index (χ1v) is 7.58. The second-order valence-corrected chi connectivity index (χ2v) is 5.57. The number of sulfonamides is 1. The number of nitrogens with one attached hydrogen (secondary N) is 2. The van der Waals surface area contributed by atoms with E-state index in [-0.39, 0.29) is 10.7 Å². The lowest BCUT2D eigenvalue weighted by Crippen LogP contribution is -2.18. The molecule has 21 heavy (non-hydrogen) atoms. The summed E-state index contributed by atoms with van der Waals surface area (Å²) in [6.45, 7) is 2.32. The highest BCUT2D eigenvalue weighted by atomic mass is 32.2. The number of aromatic nitrogens is 2. The van der Waals surface area contributed by atoms with Gasteiger partial charge in [-0.15, -0.1) is 0 Å². The molecular formula is C12H15N5O3S. The Morgan fingerprint density at radius 3 is 2.71 bits per heavy atom. The fourth-order valence-corrected chi connectivity index (χ4v) is 2.76. The van der Waals surface area contributed by atoms with Crippen molar-refractivity contribution < 1.29 is 13.2 Å². The van der Waals surface area contributed by atoms with E-state index in [4.69, 9.17) is 10.6 Å². The lowest BCUT2D eigenvalue weighted by Gasteiger charge is -2.11. The van der Waals surface area contributed by atoms with Crippen molar-refractivity contribution in [3.8, 4) is 5.88 Å². The average Bonchev–Trinajstić information content (AvgIpc) is 2.49. The number of nitrogens with two attached hydrogens (primary N) is 1. The van der Waals surface area contributed by atoms with Gasteiger partial charge in [0.25, 0.3) is 10.0 Å². The number of nitrogens with zero attached hydrogens (tertiary/aromatic N) is 2. The molecule has 2 heterocycles. The van der Waals surface area contributed by atoms with E-state index in [0.29, 0.717) is 18.2 Å². The first kappa shape index (κ1) is 15.0. The monoisotopic (exact) mass is 309 g/mol. The van der Waals surface area contributed by atoms with Gasteiger partial charge < -0.3 is 10.2 Å². The molecule has 9 heteroatoms. The van der Waals surface area contributed by atoms with Gasteiger partial charge in [0.05, 0.1) is 18.5 Å². The van der Waals surface area contributed by atoms with E-state index in [0.717, 1.165) is 0 Å². The first-order chi connectivity index (χ1) is 10.1. The Labute approximate surface area is 122 Å². The third-order valence-electron chi connectivity index (χ3n) is 2.48. The van der Waals surface area contributed by atoms with Crippen LogP contribution in [0.2, 0.25) is 0 Å². The molecule has 0 saturated carbocycles. The Morgan fingerprint density at radius 1 is 1.29 bits per heavy atom. The summed E-state index contributed by atoms with van der Waals surface area (Å²) in [4.78, 5) is 7.78. The molecule has 0 aliphatic heterocycles. The average molecular weight is 309 g/mol. The van der Waals surface area contributed by atoms with Crippen molar-refractivity contribution in [2.75, 3.05) is 16.8 Å². The molecule has 0 aromatic carbocycles. The molecule has 2 aromatic rings. The molecule has 0 unspecified atom stereocenters. The molecule has 0 amide bonds. The standard InChI is InChI=1S/C12H15N5O3S/c1-2-20-11-6-5-9(8-15-11)17-21(18,19)10-4-3-7-14-12(10)16-13/h3-8,17H,2,13H2,1H3,(H,14,16). The van der Waals surface area contributed by atoms with E-state index in [1.807, 2.05) is 6.92 Å². The van der Waals surface area contributed by atoms with Crippen LogP contribution in [0.25, 0.3) is 0 Å². The summed E-state index contributed by atoms with van der Waals surface area (Å²) in [5.74, 6) is 5.74. The molecule has 0 aliphatic carbocycles. The van der Waals surface area contributed by atoms with E-state index in [9.17, 15) is 8.42 Å². The summed E-state index contributed by atoms with van der Waals surface area (Å²) in [5.41, 5.74) is 2.56. The van der Waals surface area contributed by atoms with Crippen molar-refractivity contribution in [1.82, 2.24) is 9.97 Å². The van der Waals surface area contributed by atoms with Crippen molar-refractivity contribution in [2.45, 2.75) is 11.8 Å². The zero-order valence-corrected chi connectivity index (χ0v) is 12.1. The van der Waals surface area contributed by atoms with E-state index < -0.39 is 10.0 Å². The van der Waals surface area contributed by atoms with Crippen LogP contribution in [0.15, 0.2) is 41.6 Å². The predicted octanol–water partition coefficient (Wildman–Crippen LogP) is 0.962. The van der Waals surface area contributed by atoms with Crippen LogP contribution in [0.4, 0.5) is 11.5 Å². The number of anilines is 2. The molecule has 4 N–H and O–H groups in total. The Kier molecular flexibility index (Phi) is 4.55. The smallest absolute Gasteiger partial charge is 0.265 e. The maximum Gasteiger partial charge on any atom is 0.265 e. The third-order valence-corrected chi connectivity index (χ3v) is 3.89. The lowest BCUT2D eigenvalue weighted by molar-refractivity contribution is 0.327. The van der Waals surface area contributed by atoms with Gasteiger partial charge in [-0.2, -0.15) is 0 Å². The van der Waals surface area contributed by atoms with Crippen molar-refractivity contribution in [1.29, 1.82) is 0 Å². The zero-order valence-electron chi connectivity index (χ0n) is 11.3. The van der Waals surface area contributed by atoms with Gasteiger partial charge in [0.15, 0.2) is 5.82 Å². The number of ether oxygens (including phenoxy) is 1. The maximum atomic E-state index is 12.3. The number of nitrogen functional groups attached to an aromatic ring is 1. The molecule has 0 bridgehead atoms. The fourth-order valence-electron chi connectivity index (χ4n) is 1.60. The second-order valence-electron chi connectivity index (χ2n) is 3.92. The van der Waals surface area contributed by atoms with E-state index in [1.54, 1.807) is 12.1 Å². The molecule has 0 atom stereocenters. The highest BCUT2D eigenvalue weighted by molar-refractivity contribution is 7.92. The minimum absolute atomic E-state index is 0.0543. The summed E-state index contributed by atoms with van der Waals surface area (Å²) < 4.78 is 32.2. The van der Waals surface area contributed by atoms with Crippen molar-refractivity contribution in [2.24, 2.45) is 5.84 Å². The van der Waals surface area contributed by atoms with Crippen molar-refractivity contribution >= 4 is 21.5 Å². The number of rotatable bonds is 6. The van der Waals surface area contributed by atoms with Gasteiger partial charge in [0.1, 0.15) is 4.90 Å². The summed E-state index contributed by atoms with van der Waals surface area (Å²) in [6, 6.07) is 6.03. The van der Waals surface area contributed by atoms with Crippen LogP contribution in [-0.4, -0.2) is 25.0 Å². The summed E-state index contributed by atoms with van der Waals surface area (Å²) in [6.07, 6.45) is 2.81. The summed E-state index contributed by atoms with van der Waals surface area (Å²) >= 11 is 0. The molecule has 2 rings (SSSR count). The molecular weight excluding hydrogens is 294 g/mol. The third kappa shape index (κ3) is 3.58. The van der Waals surface area contributed by atoms with Crippen LogP contribution in [0.3, 0.4) is 0 Å². The highest BCUT2D eigenvalue weighted by Crippen LogP contribution is 2.21. The Morgan fingerprint density at radius 2 is 2.10 bits per heavy atom. The predicted molar refractivity (Wildman–Crippen MR) is 78.3 cm³/mol. The first-order valence-electron chi connectivity index (χ1n) is 6.10. The van der Waals surface area contributed by atoms with E-state index in [1.165, 1.54) is 24.5 Å². The van der Waals surface area contributed by atoms with Crippen LogP contribution >= 0.6 is 0 Å². The van der Waals surface area contributed by atoms with E-state index in [2.05, 4.69) is 20.1 Å². The molecule has 8 nitrogen and oxygen atoms in total. The van der Waals surface area contributed by atoms with Gasteiger partial charge in [-0.25, -0.2) is 24.2 Å². The van der Waals surface area contributed by atoms with Crippen molar-refractivity contribution in [3.05, 3.63) is 36.7 Å². The molecule has 0 radical (unpaired) electrons. The van der Waals surface area contributed by atoms with Gasteiger partial charge in [0, 0.05) is 12.3 Å². The summed E-state index contributed by atoms with van der Waals surface area (Å²) in [5, 5.41) is 0. The van der Waals surface area contributed by atoms with Gasteiger partial charge >= 0.3 is 0 Å². The molecule has 0 saturated heterocycles. The number of hydrogen-bond acceptors (Lipinski definition) is 7. The van der Waals surface area contributed by atoms with E-state index >= 15 is 0 Å². The van der Waals surface area contributed by atoms with Crippen LogP contribution in [0, 0.1) is 0 Å². The van der Waals surface area contributed by atoms with Crippen molar-refractivity contribution in [3.63, 3.8) is 0 Å². The molecule has 2 aromatic heterocycles. The quantitative estimate of drug-likeness (QED) is 0.537. The number of hydrazine groups is 1. The largest absolute Gasteiger partial charge is 0.478 e. The molecule has 112 valence electrons. The van der Waals surface area contributed by atoms with Gasteiger partial charge in [-0.3, -0.25) is 4.72 Å². The topological polar surface area (TPSA) is 119 Å². The Bertz CT molecular complexity index is 703. The number of hydrogen-bond donors (Lipinski definition) is 3. The normalized spacial score (nSPS) is 11.0. The Balaban J connectivity index is 2.24. The van der Waals surface area contributed by atoms with Crippen LogP contribution in [-0.2, 0) is 10.0 Å². The minimum atomic E-state index is -3.82. The fraction of sp³-hybridized carbons (Fsp3) is 0.167. The van der Waals surface area contributed by atoms with Crippen LogP contribution in [0.1, 0.15) is 6.92 Å². The van der Waals surface area contributed by atoms with Crippen LogP contribution in [0.5, 0.6) is 5.88 Å². The highest BCUT2D eigenvalue weighted by Gasteiger charge is 2.19. The molecule has 0 spiro atoms. The van der Waals surface area contributed by atoms with Gasteiger partial charge in [-0.05, 0) is 25.1 Å². The minimum Gasteiger partial charge on any atom is -0.478 e. The number of pyridine rings is 2.